The number of benzene rings is 1. The first-order valence-corrected chi connectivity index (χ1v) is 5.86. The van der Waals surface area contributed by atoms with Crippen LogP contribution in [0.3, 0.4) is 0 Å². The van der Waals surface area contributed by atoms with E-state index in [-0.39, 0.29) is 5.54 Å². The van der Waals surface area contributed by atoms with Gasteiger partial charge in [-0.3, -0.25) is 0 Å². The minimum atomic E-state index is 0.180. The van der Waals surface area contributed by atoms with Crippen molar-refractivity contribution in [1.29, 1.82) is 0 Å². The van der Waals surface area contributed by atoms with Crippen LogP contribution in [0.15, 0.2) is 24.3 Å². The summed E-state index contributed by atoms with van der Waals surface area (Å²) in [6.45, 7) is 0. The van der Waals surface area contributed by atoms with Crippen LogP contribution in [0.1, 0.15) is 37.7 Å². The van der Waals surface area contributed by atoms with Crippen LogP contribution in [0.4, 0.5) is 0 Å². The van der Waals surface area contributed by atoms with Gasteiger partial charge < -0.3 is 10.4 Å². The largest absolute Gasteiger partial charge is 0.508 e. The molecule has 1 saturated carbocycles. The molecule has 2 aliphatic heterocycles. The maximum atomic E-state index is 9.52. The van der Waals surface area contributed by atoms with E-state index in [0.29, 0.717) is 5.75 Å². The summed E-state index contributed by atoms with van der Waals surface area (Å²) in [4.78, 5) is 0. The van der Waals surface area contributed by atoms with E-state index in [1.807, 2.05) is 12.1 Å². The molecule has 1 aliphatic carbocycles. The summed E-state index contributed by atoms with van der Waals surface area (Å²) >= 11 is 0. The summed E-state index contributed by atoms with van der Waals surface area (Å²) in [5.41, 5.74) is 1.44. The molecule has 0 spiro atoms. The third kappa shape index (κ3) is 1.44. The van der Waals surface area contributed by atoms with Gasteiger partial charge >= 0.3 is 0 Å². The van der Waals surface area contributed by atoms with Gasteiger partial charge in [-0.25, -0.2) is 0 Å². The van der Waals surface area contributed by atoms with Gasteiger partial charge in [0.1, 0.15) is 5.75 Å². The van der Waals surface area contributed by atoms with Crippen LogP contribution in [0.2, 0.25) is 0 Å². The minimum Gasteiger partial charge on any atom is -0.508 e. The fourth-order valence-corrected chi connectivity index (χ4v) is 3.11. The zero-order valence-corrected chi connectivity index (χ0v) is 8.87. The first kappa shape index (κ1) is 9.22. The van der Waals surface area contributed by atoms with E-state index < -0.39 is 0 Å². The van der Waals surface area contributed by atoms with E-state index >= 15 is 0 Å². The Hall–Kier alpha value is -1.02. The predicted octanol–water partition coefficient (Wildman–Crippen LogP) is 2.52. The second-order valence-electron chi connectivity index (χ2n) is 4.92. The van der Waals surface area contributed by atoms with Crippen LogP contribution < -0.4 is 5.32 Å². The van der Waals surface area contributed by atoms with Crippen LogP contribution in [0.25, 0.3) is 0 Å². The lowest BCUT2D eigenvalue weighted by Crippen LogP contribution is -2.59. The second-order valence-corrected chi connectivity index (χ2v) is 4.92. The fourth-order valence-electron chi connectivity index (χ4n) is 3.11. The number of phenolic OH excluding ortho intramolecular Hbond substituents is 1. The molecule has 0 radical (unpaired) electrons. The van der Waals surface area contributed by atoms with Crippen molar-refractivity contribution in [3.63, 3.8) is 0 Å². The highest BCUT2D eigenvalue weighted by Gasteiger charge is 2.45. The summed E-state index contributed by atoms with van der Waals surface area (Å²) in [7, 11) is 0. The maximum absolute atomic E-state index is 9.52. The van der Waals surface area contributed by atoms with Crippen molar-refractivity contribution in [2.45, 2.75) is 43.7 Å². The Morgan fingerprint density at radius 3 is 3.00 bits per heavy atom. The van der Waals surface area contributed by atoms with Gasteiger partial charge in [-0.15, -0.1) is 0 Å². The summed E-state index contributed by atoms with van der Waals surface area (Å²) in [6, 6.07) is 8.45. The number of hydrogen-bond acceptors (Lipinski definition) is 2. The minimum absolute atomic E-state index is 0.180. The molecular weight excluding hydrogens is 186 g/mol. The molecular formula is C13H17NO. The van der Waals surface area contributed by atoms with Gasteiger partial charge in [0.05, 0.1) is 0 Å². The summed E-state index contributed by atoms with van der Waals surface area (Å²) < 4.78 is 0. The molecule has 2 heterocycles. The average molecular weight is 203 g/mol. The van der Waals surface area contributed by atoms with Crippen molar-refractivity contribution < 1.29 is 5.11 Å². The topological polar surface area (TPSA) is 32.3 Å². The number of aromatic hydroxyl groups is 1. The molecule has 1 aromatic carbocycles. The molecule has 2 saturated heterocycles. The monoisotopic (exact) mass is 203 g/mol. The molecule has 3 fully saturated rings. The Bertz CT molecular complexity index is 363. The molecule has 0 amide bonds. The standard InChI is InChI=1S/C13H17NO/c15-12-6-3-4-10(8-12)13-7-2-1-5-11(9-13)14-13/h3-4,6,8,11,14-15H,1-2,5,7,9H2. The molecule has 1 aromatic rings. The van der Waals surface area contributed by atoms with Crippen molar-refractivity contribution in [2.24, 2.45) is 0 Å². The summed E-state index contributed by atoms with van der Waals surface area (Å²) in [6.07, 6.45) is 6.43. The quantitative estimate of drug-likeness (QED) is 0.735. The van der Waals surface area contributed by atoms with Gasteiger partial charge in [-0.1, -0.05) is 25.0 Å². The van der Waals surface area contributed by atoms with Crippen LogP contribution in [-0.2, 0) is 5.54 Å². The van der Waals surface area contributed by atoms with Gasteiger partial charge in [0.25, 0.3) is 0 Å². The molecule has 2 atom stereocenters. The smallest absolute Gasteiger partial charge is 0.115 e. The van der Waals surface area contributed by atoms with E-state index in [4.69, 9.17) is 0 Å². The normalized spacial score (nSPS) is 34.3. The first-order valence-electron chi connectivity index (χ1n) is 5.86. The molecule has 0 aromatic heterocycles. The molecule has 2 N–H and O–H groups in total. The van der Waals surface area contributed by atoms with E-state index in [1.165, 1.54) is 37.7 Å². The van der Waals surface area contributed by atoms with Crippen molar-refractivity contribution >= 4 is 0 Å². The van der Waals surface area contributed by atoms with Crippen molar-refractivity contribution in [1.82, 2.24) is 5.32 Å². The number of rotatable bonds is 1. The lowest BCUT2D eigenvalue weighted by molar-refractivity contribution is 0.138. The van der Waals surface area contributed by atoms with Crippen LogP contribution in [-0.4, -0.2) is 11.1 Å². The average Bonchev–Trinajstić information content (AvgIpc) is 2.49. The summed E-state index contributed by atoms with van der Waals surface area (Å²) in [5.74, 6) is 0.386. The zero-order chi connectivity index (χ0) is 10.3. The van der Waals surface area contributed by atoms with Crippen molar-refractivity contribution in [3.8, 4) is 5.75 Å². The molecule has 2 bridgehead atoms. The van der Waals surface area contributed by atoms with Crippen molar-refractivity contribution in [3.05, 3.63) is 29.8 Å². The number of phenols is 1. The molecule has 80 valence electrons. The van der Waals surface area contributed by atoms with E-state index in [2.05, 4.69) is 11.4 Å². The van der Waals surface area contributed by atoms with E-state index in [1.54, 1.807) is 6.07 Å². The Morgan fingerprint density at radius 1 is 1.33 bits per heavy atom. The predicted molar refractivity (Wildman–Crippen MR) is 59.8 cm³/mol. The molecule has 2 unspecified atom stereocenters. The maximum Gasteiger partial charge on any atom is 0.115 e. The van der Waals surface area contributed by atoms with Gasteiger partial charge in [0.2, 0.25) is 0 Å². The second kappa shape index (κ2) is 3.24. The third-order valence-electron chi connectivity index (χ3n) is 3.88. The lowest BCUT2D eigenvalue weighted by atomic mass is 9.75. The van der Waals surface area contributed by atoms with Crippen molar-refractivity contribution in [2.75, 3.05) is 0 Å². The van der Waals surface area contributed by atoms with Gasteiger partial charge in [-0.05, 0) is 37.0 Å². The Morgan fingerprint density at radius 2 is 2.20 bits per heavy atom. The zero-order valence-electron chi connectivity index (χ0n) is 8.87. The van der Waals surface area contributed by atoms with Gasteiger partial charge in [0.15, 0.2) is 0 Å². The number of nitrogens with one attached hydrogen (secondary N) is 1. The van der Waals surface area contributed by atoms with Crippen LogP contribution in [0.5, 0.6) is 5.75 Å². The SMILES string of the molecule is Oc1cccc(C23CCCCC(C2)N3)c1. The highest BCUT2D eigenvalue weighted by molar-refractivity contribution is 5.35. The number of hydrogen-bond donors (Lipinski definition) is 2. The summed E-state index contributed by atoms with van der Waals surface area (Å²) in [5, 5.41) is 13.2. The molecule has 2 heteroatoms. The highest BCUT2D eigenvalue weighted by Crippen LogP contribution is 2.44. The van der Waals surface area contributed by atoms with Crippen LogP contribution in [0, 0.1) is 0 Å². The Labute approximate surface area is 90.3 Å². The Balaban J connectivity index is 1.93. The lowest BCUT2D eigenvalue weighted by Gasteiger charge is -2.48. The molecule has 2 nitrogen and oxygen atoms in total. The highest BCUT2D eigenvalue weighted by atomic mass is 16.3. The third-order valence-corrected chi connectivity index (χ3v) is 3.88. The van der Waals surface area contributed by atoms with Crippen LogP contribution >= 0.6 is 0 Å². The fraction of sp³-hybridized carbons (Fsp3) is 0.538. The van der Waals surface area contributed by atoms with E-state index in [0.717, 1.165) is 6.04 Å². The first-order chi connectivity index (χ1) is 7.28. The van der Waals surface area contributed by atoms with Gasteiger partial charge in [0, 0.05) is 11.6 Å². The number of fused-ring (bicyclic) bond motifs is 3. The molecule has 15 heavy (non-hydrogen) atoms. The Kier molecular flexibility index (Phi) is 1.99. The molecule has 3 aliphatic rings. The van der Waals surface area contributed by atoms with Gasteiger partial charge in [-0.2, -0.15) is 0 Å². The molecule has 4 rings (SSSR count). The van der Waals surface area contributed by atoms with E-state index in [9.17, 15) is 5.11 Å².